The van der Waals surface area contributed by atoms with Crippen molar-refractivity contribution in [3.8, 4) is 6.07 Å². The minimum atomic E-state index is -0.897. The summed E-state index contributed by atoms with van der Waals surface area (Å²) in [4.78, 5) is 35.2. The van der Waals surface area contributed by atoms with Gasteiger partial charge >= 0.3 is 5.97 Å². The van der Waals surface area contributed by atoms with Crippen LogP contribution in [0.1, 0.15) is 55.3 Å². The fourth-order valence-electron chi connectivity index (χ4n) is 3.76. The minimum absolute atomic E-state index is 0.0586. The fourth-order valence-corrected chi connectivity index (χ4v) is 4.25. The van der Waals surface area contributed by atoms with Crippen LogP contribution in [0.25, 0.3) is 0 Å². The molecule has 2 aliphatic heterocycles. The molecule has 2 aliphatic rings. The first-order valence-corrected chi connectivity index (χ1v) is 9.46. The molecule has 3 rings (SSSR count). The first kappa shape index (κ1) is 19.1. The molecule has 0 aliphatic carbocycles. The third-order valence-corrected chi connectivity index (χ3v) is 5.71. The minimum Gasteiger partial charge on any atom is -0.465 e. The van der Waals surface area contributed by atoms with Gasteiger partial charge in [-0.25, -0.2) is 9.78 Å². The maximum Gasteiger partial charge on any atom is 0.324 e. The van der Waals surface area contributed by atoms with Gasteiger partial charge in [0.05, 0.1) is 18.9 Å². The zero-order valence-electron chi connectivity index (χ0n) is 15.0. The van der Waals surface area contributed by atoms with E-state index in [9.17, 15) is 14.9 Å². The summed E-state index contributed by atoms with van der Waals surface area (Å²) >= 11 is 3.28. The number of nitriles is 1. The lowest BCUT2D eigenvalue weighted by atomic mass is 9.77. The van der Waals surface area contributed by atoms with Crippen molar-refractivity contribution in [3.05, 3.63) is 33.2 Å². The molecular formula is C18H21BrN2O5. The third kappa shape index (κ3) is 3.08. The molecule has 26 heavy (non-hydrogen) atoms. The number of carbonyl (C=O) groups excluding carboxylic acids is 1. The van der Waals surface area contributed by atoms with Gasteiger partial charge in [0.1, 0.15) is 22.1 Å². The molecule has 0 bridgehead atoms. The first-order valence-electron chi connectivity index (χ1n) is 8.54. The smallest absolute Gasteiger partial charge is 0.324 e. The van der Waals surface area contributed by atoms with E-state index in [4.69, 9.17) is 14.5 Å². The number of esters is 1. The molecule has 1 spiro atoms. The largest absolute Gasteiger partial charge is 0.465 e. The Morgan fingerprint density at radius 1 is 1.54 bits per heavy atom. The predicted molar refractivity (Wildman–Crippen MR) is 95.4 cm³/mol. The fraction of sp³-hybridized carbons (Fsp3) is 0.611. The van der Waals surface area contributed by atoms with Crippen LogP contribution in [-0.2, 0) is 31.5 Å². The zero-order chi connectivity index (χ0) is 19.1. The average molecular weight is 425 g/mol. The molecule has 3 heterocycles. The molecule has 1 saturated heterocycles. The van der Waals surface area contributed by atoms with Crippen LogP contribution in [0.3, 0.4) is 0 Å². The highest BCUT2D eigenvalue weighted by Gasteiger charge is 2.49. The van der Waals surface area contributed by atoms with Gasteiger partial charge in [0.15, 0.2) is 0 Å². The van der Waals surface area contributed by atoms with Crippen LogP contribution < -0.4 is 5.56 Å². The number of pyridine rings is 1. The summed E-state index contributed by atoms with van der Waals surface area (Å²) in [5.41, 5.74) is -0.417. The first-order chi connectivity index (χ1) is 12.2. The zero-order valence-corrected chi connectivity index (χ0v) is 16.6. The van der Waals surface area contributed by atoms with Gasteiger partial charge in [-0.05, 0) is 24.8 Å². The summed E-state index contributed by atoms with van der Waals surface area (Å²) in [7, 11) is 0. The molecule has 0 aromatic carbocycles. The Morgan fingerprint density at radius 2 is 2.27 bits per heavy atom. The highest BCUT2D eigenvalue weighted by Crippen LogP contribution is 2.48. The Balaban J connectivity index is 2.14. The Bertz CT molecular complexity index is 841. The number of carbonyl (C=O) groups is 1. The van der Waals surface area contributed by atoms with Crippen LogP contribution in [0.2, 0.25) is 0 Å². The highest BCUT2D eigenvalue weighted by atomic mass is 79.9. The molecule has 7 nitrogen and oxygen atoms in total. The van der Waals surface area contributed by atoms with E-state index in [1.165, 1.54) is 0 Å². The monoisotopic (exact) mass is 424 g/mol. The summed E-state index contributed by atoms with van der Waals surface area (Å²) in [6.07, 6.45) is 1.25. The number of ether oxygens (including phenoxy) is 1. The van der Waals surface area contributed by atoms with Crippen LogP contribution >= 0.6 is 15.9 Å². The van der Waals surface area contributed by atoms with E-state index >= 15 is 0 Å². The van der Waals surface area contributed by atoms with Crippen molar-refractivity contribution in [2.24, 2.45) is 5.41 Å². The Hall–Kier alpha value is -1.69. The molecule has 140 valence electrons. The van der Waals surface area contributed by atoms with E-state index in [-0.39, 0.29) is 17.6 Å². The topological polar surface area (TPSA) is 90.6 Å². The lowest BCUT2D eigenvalue weighted by Crippen LogP contribution is -2.42. The maximum absolute atomic E-state index is 12.9. The van der Waals surface area contributed by atoms with Gasteiger partial charge in [-0.3, -0.25) is 9.59 Å². The Morgan fingerprint density at radius 3 is 2.88 bits per heavy atom. The molecule has 0 saturated carbocycles. The number of aromatic nitrogens is 1. The summed E-state index contributed by atoms with van der Waals surface area (Å²) in [5, 5.41) is 9.48. The molecule has 0 radical (unpaired) electrons. The molecule has 0 amide bonds. The van der Waals surface area contributed by atoms with Crippen LogP contribution in [-0.4, -0.2) is 23.8 Å². The van der Waals surface area contributed by atoms with E-state index in [2.05, 4.69) is 29.8 Å². The lowest BCUT2D eigenvalue weighted by molar-refractivity contribution is -0.410. The lowest BCUT2D eigenvalue weighted by Gasteiger charge is -2.41. The van der Waals surface area contributed by atoms with Crippen molar-refractivity contribution in [1.82, 2.24) is 4.57 Å². The average Bonchev–Trinajstić information content (AvgIpc) is 2.91. The third-order valence-electron chi connectivity index (χ3n) is 4.85. The van der Waals surface area contributed by atoms with Crippen molar-refractivity contribution in [2.45, 2.75) is 50.6 Å². The molecule has 1 aromatic rings. The second kappa shape index (κ2) is 6.80. The number of hydrogen-bond acceptors (Lipinski definition) is 6. The van der Waals surface area contributed by atoms with E-state index in [1.54, 1.807) is 17.6 Å². The van der Waals surface area contributed by atoms with Gasteiger partial charge in [-0.1, -0.05) is 29.8 Å². The highest BCUT2D eigenvalue weighted by molar-refractivity contribution is 9.09. The van der Waals surface area contributed by atoms with E-state index in [1.807, 2.05) is 6.07 Å². The maximum atomic E-state index is 12.9. The van der Waals surface area contributed by atoms with Crippen LogP contribution in [0, 0.1) is 16.7 Å². The number of nitrogens with zero attached hydrogens (tertiary/aromatic N) is 2. The number of fused-ring (bicyclic) bond motifs is 2. The predicted octanol–water partition coefficient (Wildman–Crippen LogP) is 2.70. The van der Waals surface area contributed by atoms with Crippen molar-refractivity contribution < 1.29 is 19.3 Å². The van der Waals surface area contributed by atoms with Crippen molar-refractivity contribution in [3.63, 3.8) is 0 Å². The van der Waals surface area contributed by atoms with Gasteiger partial charge in [0, 0.05) is 18.5 Å². The number of alkyl halides is 1. The second-order valence-corrected chi connectivity index (χ2v) is 8.39. The molecule has 2 unspecified atom stereocenters. The quantitative estimate of drug-likeness (QED) is 0.420. The summed E-state index contributed by atoms with van der Waals surface area (Å²) in [6.45, 7) is 6.97. The van der Waals surface area contributed by atoms with Crippen molar-refractivity contribution >= 4 is 21.9 Å². The van der Waals surface area contributed by atoms with E-state index in [0.29, 0.717) is 37.3 Å². The normalized spacial score (nSPS) is 24.7. The molecule has 1 aromatic heterocycles. The SMILES string of the molecule is CCOC(=O)C(Br)c1cc2n(c(=O)c1C#N)CCC21CC(C)(C)COO1. The Labute approximate surface area is 159 Å². The summed E-state index contributed by atoms with van der Waals surface area (Å²) < 4.78 is 6.58. The van der Waals surface area contributed by atoms with Gasteiger partial charge < -0.3 is 9.30 Å². The molecule has 2 atom stereocenters. The summed E-state index contributed by atoms with van der Waals surface area (Å²) in [5.74, 6) is -0.540. The van der Waals surface area contributed by atoms with Gasteiger partial charge in [0.2, 0.25) is 0 Å². The van der Waals surface area contributed by atoms with Gasteiger partial charge in [0.25, 0.3) is 5.56 Å². The van der Waals surface area contributed by atoms with Crippen molar-refractivity contribution in [1.29, 1.82) is 5.26 Å². The van der Waals surface area contributed by atoms with Gasteiger partial charge in [-0.15, -0.1) is 0 Å². The van der Waals surface area contributed by atoms with E-state index in [0.717, 1.165) is 0 Å². The molecule has 0 N–H and O–H groups in total. The Kier molecular flexibility index (Phi) is 4.99. The second-order valence-electron chi connectivity index (χ2n) is 7.47. The van der Waals surface area contributed by atoms with Crippen LogP contribution in [0.4, 0.5) is 0 Å². The van der Waals surface area contributed by atoms with Crippen LogP contribution in [0.5, 0.6) is 0 Å². The molecule has 8 heteroatoms. The molecular weight excluding hydrogens is 404 g/mol. The van der Waals surface area contributed by atoms with E-state index < -0.39 is 22.0 Å². The standard InChI is InChI=1S/C18H21BrN2O5/c1-4-24-16(23)14(19)11-7-13-18(9-17(2,3)10-25-26-18)5-6-21(13)15(22)12(11)8-20/h7,14H,4-6,9-10H2,1-3H3. The van der Waals surface area contributed by atoms with Crippen molar-refractivity contribution in [2.75, 3.05) is 13.2 Å². The number of hydrogen-bond donors (Lipinski definition) is 0. The van der Waals surface area contributed by atoms with Gasteiger partial charge in [-0.2, -0.15) is 5.26 Å². The number of halogens is 1. The van der Waals surface area contributed by atoms with Crippen LogP contribution in [0.15, 0.2) is 10.9 Å². The summed E-state index contributed by atoms with van der Waals surface area (Å²) in [6, 6.07) is 3.64. The number of rotatable bonds is 3. The molecule has 1 fully saturated rings.